The molecule has 3 N–H and O–H groups in total. The lowest BCUT2D eigenvalue weighted by Gasteiger charge is -2.29. The van der Waals surface area contributed by atoms with Gasteiger partial charge in [-0.05, 0) is 0 Å². The molecule has 0 amide bonds. The number of aromatic nitrogens is 2. The summed E-state index contributed by atoms with van der Waals surface area (Å²) in [5, 5.41) is 0. The van der Waals surface area contributed by atoms with Crippen LogP contribution in [0.5, 0.6) is 0 Å². The lowest BCUT2D eigenvalue weighted by molar-refractivity contribution is 0.0438. The lowest BCUT2D eigenvalue weighted by atomic mass is 10.1. The van der Waals surface area contributed by atoms with E-state index in [2.05, 4.69) is 10.4 Å². The minimum absolute atomic E-state index is 0.0298. The number of hydrogen-bond donors (Lipinski definition) is 2. The monoisotopic (exact) mass is 228 g/mol. The third-order valence-electron chi connectivity index (χ3n) is 2.53. The van der Waals surface area contributed by atoms with Gasteiger partial charge < -0.3 is 9.30 Å². The van der Waals surface area contributed by atoms with Crippen LogP contribution in [0.15, 0.2) is 12.4 Å². The summed E-state index contributed by atoms with van der Waals surface area (Å²) >= 11 is 1.89. The van der Waals surface area contributed by atoms with Gasteiger partial charge in [0, 0.05) is 30.9 Å². The van der Waals surface area contributed by atoms with Gasteiger partial charge in [-0.15, -0.1) is 0 Å². The second kappa shape index (κ2) is 4.98. The molecule has 6 heteroatoms. The van der Waals surface area contributed by atoms with E-state index in [1.807, 2.05) is 29.6 Å². The molecule has 2 unspecified atom stereocenters. The van der Waals surface area contributed by atoms with Gasteiger partial charge in [-0.2, -0.15) is 11.8 Å². The highest BCUT2D eigenvalue weighted by molar-refractivity contribution is 7.99. The van der Waals surface area contributed by atoms with Gasteiger partial charge in [0.25, 0.3) is 0 Å². The molecule has 5 nitrogen and oxygen atoms in total. The van der Waals surface area contributed by atoms with E-state index in [0.717, 1.165) is 23.9 Å². The third kappa shape index (κ3) is 2.34. The zero-order chi connectivity index (χ0) is 10.7. The van der Waals surface area contributed by atoms with E-state index < -0.39 is 0 Å². The summed E-state index contributed by atoms with van der Waals surface area (Å²) in [6.45, 7) is 0.790. The first kappa shape index (κ1) is 10.9. The van der Waals surface area contributed by atoms with Gasteiger partial charge in [-0.1, -0.05) is 0 Å². The van der Waals surface area contributed by atoms with Gasteiger partial charge in [0.15, 0.2) is 0 Å². The molecule has 1 fully saturated rings. The van der Waals surface area contributed by atoms with Crippen LogP contribution in [0, 0.1) is 0 Å². The molecule has 2 heterocycles. The molecular weight excluding hydrogens is 212 g/mol. The van der Waals surface area contributed by atoms with E-state index in [4.69, 9.17) is 10.6 Å². The Morgan fingerprint density at radius 1 is 1.80 bits per heavy atom. The molecule has 84 valence electrons. The fourth-order valence-electron chi connectivity index (χ4n) is 1.72. The van der Waals surface area contributed by atoms with Gasteiger partial charge in [0.05, 0.1) is 12.7 Å². The van der Waals surface area contributed by atoms with Crippen LogP contribution in [0.2, 0.25) is 0 Å². The summed E-state index contributed by atoms with van der Waals surface area (Å²) in [6, 6.07) is -0.0298. The van der Waals surface area contributed by atoms with E-state index >= 15 is 0 Å². The molecule has 0 saturated carbocycles. The smallest absolute Gasteiger partial charge is 0.129 e. The van der Waals surface area contributed by atoms with Crippen LogP contribution in [0.4, 0.5) is 0 Å². The van der Waals surface area contributed by atoms with Crippen LogP contribution < -0.4 is 11.3 Å². The average Bonchev–Trinajstić information content (AvgIpc) is 2.68. The molecule has 2 rings (SSSR count). The van der Waals surface area contributed by atoms with Crippen molar-refractivity contribution in [1.82, 2.24) is 15.0 Å². The van der Waals surface area contributed by atoms with E-state index in [1.165, 1.54) is 0 Å². The molecular formula is C9H16N4OS. The molecule has 1 saturated heterocycles. The maximum absolute atomic E-state index is 5.69. The Morgan fingerprint density at radius 3 is 3.20 bits per heavy atom. The molecule has 15 heavy (non-hydrogen) atoms. The molecule has 0 spiro atoms. The second-order valence-corrected chi connectivity index (χ2v) is 4.67. The van der Waals surface area contributed by atoms with Crippen molar-refractivity contribution in [2.24, 2.45) is 12.9 Å². The highest BCUT2D eigenvalue weighted by Crippen LogP contribution is 2.23. The topological polar surface area (TPSA) is 65.1 Å². The number of aryl methyl sites for hydroxylation is 1. The number of ether oxygens (including phenoxy) is 1. The number of nitrogens with zero attached hydrogens (tertiary/aromatic N) is 2. The van der Waals surface area contributed by atoms with Gasteiger partial charge >= 0.3 is 0 Å². The number of rotatable bonds is 3. The van der Waals surface area contributed by atoms with Crippen LogP contribution in [0.25, 0.3) is 0 Å². The molecule has 1 aromatic rings. The first-order valence-corrected chi connectivity index (χ1v) is 6.11. The number of nitrogens with one attached hydrogen (secondary N) is 1. The van der Waals surface area contributed by atoms with Crippen LogP contribution in [-0.2, 0) is 11.8 Å². The highest BCUT2D eigenvalue weighted by atomic mass is 32.2. The van der Waals surface area contributed by atoms with E-state index in [9.17, 15) is 0 Å². The molecule has 0 bridgehead atoms. The number of hydrogen-bond acceptors (Lipinski definition) is 5. The minimum atomic E-state index is -0.0298. The first-order chi connectivity index (χ1) is 7.33. The Hall–Kier alpha value is -0.560. The van der Waals surface area contributed by atoms with Crippen molar-refractivity contribution >= 4 is 11.8 Å². The Labute approximate surface area is 93.4 Å². The fraction of sp³-hybridized carbons (Fsp3) is 0.667. The number of hydrazine groups is 1. The van der Waals surface area contributed by atoms with Gasteiger partial charge in [-0.3, -0.25) is 5.84 Å². The molecule has 2 atom stereocenters. The summed E-state index contributed by atoms with van der Waals surface area (Å²) in [4.78, 5) is 4.29. The van der Waals surface area contributed by atoms with Gasteiger partial charge in [0.1, 0.15) is 11.9 Å². The van der Waals surface area contributed by atoms with Crippen molar-refractivity contribution in [1.29, 1.82) is 0 Å². The molecule has 1 aliphatic rings. The van der Waals surface area contributed by atoms with Crippen molar-refractivity contribution in [2.75, 3.05) is 18.1 Å². The maximum atomic E-state index is 5.69. The first-order valence-electron chi connectivity index (χ1n) is 4.95. The number of nitrogens with two attached hydrogens (primary N) is 1. The summed E-state index contributed by atoms with van der Waals surface area (Å²) < 4.78 is 7.66. The summed E-state index contributed by atoms with van der Waals surface area (Å²) in [7, 11) is 1.96. The fourth-order valence-corrected chi connectivity index (χ4v) is 2.63. The largest absolute Gasteiger partial charge is 0.374 e. The van der Waals surface area contributed by atoms with Crippen molar-refractivity contribution in [3.05, 3.63) is 18.2 Å². The third-order valence-corrected chi connectivity index (χ3v) is 3.55. The quantitative estimate of drug-likeness (QED) is 0.565. The summed E-state index contributed by atoms with van der Waals surface area (Å²) in [5.41, 5.74) is 2.79. The number of thioether (sulfide) groups is 1. The summed E-state index contributed by atoms with van der Waals surface area (Å²) in [5.74, 6) is 8.52. The normalized spacial score (nSPS) is 24.0. The number of imidazole rings is 1. The highest BCUT2D eigenvalue weighted by Gasteiger charge is 2.27. The Kier molecular flexibility index (Phi) is 3.63. The minimum Gasteiger partial charge on any atom is -0.374 e. The molecule has 0 aromatic carbocycles. The molecule has 1 aliphatic heterocycles. The maximum Gasteiger partial charge on any atom is 0.129 e. The average molecular weight is 228 g/mol. The van der Waals surface area contributed by atoms with Crippen LogP contribution >= 0.6 is 11.8 Å². The predicted molar refractivity (Wildman–Crippen MR) is 60.3 cm³/mol. The molecule has 0 radical (unpaired) electrons. The van der Waals surface area contributed by atoms with Crippen LogP contribution in [0.3, 0.4) is 0 Å². The second-order valence-electron chi connectivity index (χ2n) is 3.52. The van der Waals surface area contributed by atoms with Crippen molar-refractivity contribution in [2.45, 2.75) is 12.1 Å². The zero-order valence-corrected chi connectivity index (χ0v) is 9.54. The van der Waals surface area contributed by atoms with Crippen molar-refractivity contribution in [3.8, 4) is 0 Å². The Bertz CT molecular complexity index is 311. The molecule has 1 aromatic heterocycles. The lowest BCUT2D eigenvalue weighted by Crippen LogP contribution is -2.42. The van der Waals surface area contributed by atoms with E-state index in [1.54, 1.807) is 6.20 Å². The molecule has 0 aliphatic carbocycles. The SMILES string of the molecule is Cn1ccnc1C(NN)C1CSCCO1. The zero-order valence-electron chi connectivity index (χ0n) is 8.72. The van der Waals surface area contributed by atoms with Crippen molar-refractivity contribution < 1.29 is 4.74 Å². The van der Waals surface area contributed by atoms with Gasteiger partial charge in [0.2, 0.25) is 0 Å². The predicted octanol–water partition coefficient (Wildman–Crippen LogP) is 0.0565. The van der Waals surface area contributed by atoms with Gasteiger partial charge in [-0.25, -0.2) is 10.4 Å². The summed E-state index contributed by atoms with van der Waals surface area (Å²) in [6.07, 6.45) is 3.79. The van der Waals surface area contributed by atoms with Crippen molar-refractivity contribution in [3.63, 3.8) is 0 Å². The van der Waals surface area contributed by atoms with Crippen LogP contribution in [-0.4, -0.2) is 33.8 Å². The Morgan fingerprint density at radius 2 is 2.67 bits per heavy atom. The van der Waals surface area contributed by atoms with Crippen LogP contribution in [0.1, 0.15) is 11.9 Å². The standard InChI is InChI=1S/C9H16N4OS/c1-13-3-2-11-9(13)8(12-10)7-6-15-5-4-14-7/h2-3,7-8,12H,4-6,10H2,1H3. The van der Waals surface area contributed by atoms with E-state index in [0.29, 0.717) is 0 Å². The van der Waals surface area contributed by atoms with E-state index in [-0.39, 0.29) is 12.1 Å². The Balaban J connectivity index is 2.12.